The zero-order valence-electron chi connectivity index (χ0n) is 11.0. The lowest BCUT2D eigenvalue weighted by Crippen LogP contribution is -2.12. The van der Waals surface area contributed by atoms with Crippen LogP contribution in [0.15, 0.2) is 36.4 Å². The van der Waals surface area contributed by atoms with E-state index in [9.17, 15) is 20.0 Å². The van der Waals surface area contributed by atoms with Crippen LogP contribution in [0.2, 0.25) is 5.02 Å². The lowest BCUT2D eigenvalue weighted by molar-refractivity contribution is -0.384. The molecule has 0 atom stereocenters. The predicted molar refractivity (Wildman–Crippen MR) is 78.9 cm³/mol. The van der Waals surface area contributed by atoms with Crippen molar-refractivity contribution in [1.82, 2.24) is 0 Å². The predicted octanol–water partition coefficient (Wildman–Crippen LogP) is 3.51. The first-order chi connectivity index (χ1) is 9.88. The number of benzene rings is 2. The van der Waals surface area contributed by atoms with Crippen LogP contribution in [0, 0.1) is 17.0 Å². The van der Waals surface area contributed by atoms with Crippen molar-refractivity contribution in [3.8, 4) is 5.75 Å². The van der Waals surface area contributed by atoms with Crippen molar-refractivity contribution in [3.63, 3.8) is 0 Å². The van der Waals surface area contributed by atoms with Gasteiger partial charge in [-0.1, -0.05) is 29.3 Å². The Morgan fingerprint density at radius 3 is 2.48 bits per heavy atom. The highest BCUT2D eigenvalue weighted by Gasteiger charge is 2.18. The van der Waals surface area contributed by atoms with Crippen molar-refractivity contribution in [3.05, 3.63) is 62.7 Å². The van der Waals surface area contributed by atoms with Crippen LogP contribution in [0.3, 0.4) is 0 Å². The van der Waals surface area contributed by atoms with E-state index in [0.29, 0.717) is 5.56 Å². The number of nitrogens with one attached hydrogen (secondary N) is 1. The van der Waals surface area contributed by atoms with E-state index < -0.39 is 22.3 Å². The molecule has 21 heavy (non-hydrogen) atoms. The standard InChI is InChI=1S/C14H11ClN2O4/c1-8-2-4-9(5-3-8)14(19)16-11-6-10(15)12(17(20)21)7-13(11)18/h2-7,18H,1H3,(H,16,19). The summed E-state index contributed by atoms with van der Waals surface area (Å²) >= 11 is 5.74. The molecule has 0 aliphatic carbocycles. The summed E-state index contributed by atoms with van der Waals surface area (Å²) in [6.07, 6.45) is 0. The monoisotopic (exact) mass is 306 g/mol. The Morgan fingerprint density at radius 2 is 1.90 bits per heavy atom. The Bertz CT molecular complexity index is 714. The second-order valence-corrected chi connectivity index (χ2v) is 4.81. The van der Waals surface area contributed by atoms with E-state index in [-0.39, 0.29) is 10.7 Å². The zero-order chi connectivity index (χ0) is 15.6. The second kappa shape index (κ2) is 5.80. The van der Waals surface area contributed by atoms with E-state index in [0.717, 1.165) is 17.7 Å². The molecule has 2 rings (SSSR count). The highest BCUT2D eigenvalue weighted by molar-refractivity contribution is 6.33. The van der Waals surface area contributed by atoms with E-state index in [2.05, 4.69) is 5.32 Å². The van der Waals surface area contributed by atoms with Crippen molar-refractivity contribution in [2.75, 3.05) is 5.32 Å². The molecular formula is C14H11ClN2O4. The summed E-state index contributed by atoms with van der Waals surface area (Å²) in [5.41, 5.74) is 0.987. The number of aromatic hydroxyl groups is 1. The Balaban J connectivity index is 2.27. The van der Waals surface area contributed by atoms with Gasteiger partial charge in [0.25, 0.3) is 11.6 Å². The molecule has 0 heterocycles. The number of anilines is 1. The number of nitro groups is 1. The first kappa shape index (κ1) is 14.8. The molecule has 2 aromatic carbocycles. The van der Waals surface area contributed by atoms with Gasteiger partial charge in [0, 0.05) is 5.56 Å². The minimum atomic E-state index is -0.715. The number of carbonyl (C=O) groups is 1. The topological polar surface area (TPSA) is 92.5 Å². The lowest BCUT2D eigenvalue weighted by atomic mass is 10.1. The van der Waals surface area contributed by atoms with Gasteiger partial charge in [-0.3, -0.25) is 14.9 Å². The van der Waals surface area contributed by atoms with Gasteiger partial charge in [-0.25, -0.2) is 0 Å². The average molecular weight is 307 g/mol. The quantitative estimate of drug-likeness (QED) is 0.515. The molecule has 0 radical (unpaired) electrons. The summed E-state index contributed by atoms with van der Waals surface area (Å²) in [5.74, 6) is -0.873. The van der Waals surface area contributed by atoms with Crippen LogP contribution in [0.1, 0.15) is 15.9 Å². The zero-order valence-corrected chi connectivity index (χ0v) is 11.7. The maximum atomic E-state index is 12.0. The molecule has 0 aliphatic heterocycles. The van der Waals surface area contributed by atoms with Crippen LogP contribution in [-0.2, 0) is 0 Å². The number of nitrogens with zero attached hydrogens (tertiary/aromatic N) is 1. The normalized spacial score (nSPS) is 10.2. The third kappa shape index (κ3) is 3.29. The van der Waals surface area contributed by atoms with Crippen LogP contribution in [0.5, 0.6) is 5.75 Å². The number of hydrogen-bond acceptors (Lipinski definition) is 4. The number of hydrogen-bond donors (Lipinski definition) is 2. The Kier molecular flexibility index (Phi) is 4.09. The largest absolute Gasteiger partial charge is 0.506 e. The van der Waals surface area contributed by atoms with Crippen LogP contribution < -0.4 is 5.32 Å². The summed E-state index contributed by atoms with van der Waals surface area (Å²) in [4.78, 5) is 22.0. The van der Waals surface area contributed by atoms with Crippen molar-refractivity contribution in [1.29, 1.82) is 0 Å². The van der Waals surface area contributed by atoms with Gasteiger partial charge in [-0.2, -0.15) is 0 Å². The molecule has 0 saturated carbocycles. The number of aryl methyl sites for hydroxylation is 1. The van der Waals surface area contributed by atoms with E-state index in [1.54, 1.807) is 24.3 Å². The van der Waals surface area contributed by atoms with Gasteiger partial charge in [-0.05, 0) is 25.1 Å². The van der Waals surface area contributed by atoms with Gasteiger partial charge in [0.1, 0.15) is 10.8 Å². The molecule has 7 heteroatoms. The fourth-order valence-corrected chi connectivity index (χ4v) is 1.92. The van der Waals surface area contributed by atoms with Gasteiger partial charge in [-0.15, -0.1) is 0 Å². The van der Waals surface area contributed by atoms with Crippen molar-refractivity contribution in [2.45, 2.75) is 6.92 Å². The van der Waals surface area contributed by atoms with Gasteiger partial charge in [0.05, 0.1) is 16.7 Å². The SMILES string of the molecule is Cc1ccc(C(=O)Nc2cc(Cl)c([N+](=O)[O-])cc2O)cc1. The highest BCUT2D eigenvalue weighted by atomic mass is 35.5. The first-order valence-electron chi connectivity index (χ1n) is 5.93. The first-order valence-corrected chi connectivity index (χ1v) is 6.31. The third-order valence-corrected chi connectivity index (χ3v) is 3.13. The minimum Gasteiger partial charge on any atom is -0.506 e. The molecule has 2 N–H and O–H groups in total. The summed E-state index contributed by atoms with van der Waals surface area (Å²) in [6, 6.07) is 8.85. The number of amides is 1. The Morgan fingerprint density at radius 1 is 1.29 bits per heavy atom. The number of carbonyl (C=O) groups excluding carboxylic acids is 1. The summed E-state index contributed by atoms with van der Waals surface area (Å²) in [6.45, 7) is 1.89. The Hall–Kier alpha value is -2.60. The molecule has 0 fully saturated rings. The van der Waals surface area contributed by atoms with Gasteiger partial charge in [0.2, 0.25) is 0 Å². The maximum absolute atomic E-state index is 12.0. The number of rotatable bonds is 3. The van der Waals surface area contributed by atoms with Crippen LogP contribution >= 0.6 is 11.6 Å². The van der Waals surface area contributed by atoms with E-state index in [1.807, 2.05) is 6.92 Å². The molecule has 108 valence electrons. The van der Waals surface area contributed by atoms with Crippen molar-refractivity contribution in [2.24, 2.45) is 0 Å². The lowest BCUT2D eigenvalue weighted by Gasteiger charge is -2.08. The fraction of sp³-hybridized carbons (Fsp3) is 0.0714. The molecule has 0 saturated heterocycles. The average Bonchev–Trinajstić information content (AvgIpc) is 2.42. The van der Waals surface area contributed by atoms with Crippen LogP contribution in [-0.4, -0.2) is 15.9 Å². The van der Waals surface area contributed by atoms with Gasteiger partial charge in [0.15, 0.2) is 0 Å². The molecule has 6 nitrogen and oxygen atoms in total. The Labute approximate surface area is 125 Å². The number of phenolic OH excluding ortho intramolecular Hbond substituents is 1. The highest BCUT2D eigenvalue weighted by Crippen LogP contribution is 2.35. The molecule has 0 aromatic heterocycles. The number of halogens is 1. The summed E-state index contributed by atoms with van der Waals surface area (Å²) in [5, 5.41) is 22.7. The van der Waals surface area contributed by atoms with E-state index >= 15 is 0 Å². The second-order valence-electron chi connectivity index (χ2n) is 4.40. The molecule has 0 spiro atoms. The molecule has 1 amide bonds. The third-order valence-electron chi connectivity index (χ3n) is 2.82. The molecule has 0 bridgehead atoms. The number of phenols is 1. The fourth-order valence-electron chi connectivity index (χ4n) is 1.69. The molecule has 0 unspecified atom stereocenters. The van der Waals surface area contributed by atoms with Crippen LogP contribution in [0.25, 0.3) is 0 Å². The van der Waals surface area contributed by atoms with Gasteiger partial charge < -0.3 is 10.4 Å². The van der Waals surface area contributed by atoms with E-state index in [4.69, 9.17) is 11.6 Å². The van der Waals surface area contributed by atoms with E-state index in [1.165, 1.54) is 0 Å². The molecular weight excluding hydrogens is 296 g/mol. The van der Waals surface area contributed by atoms with Crippen molar-refractivity contribution >= 4 is 28.9 Å². The minimum absolute atomic E-state index is 0.0103. The smallest absolute Gasteiger partial charge is 0.291 e. The summed E-state index contributed by atoms with van der Waals surface area (Å²) in [7, 11) is 0. The number of nitro benzene ring substituents is 1. The summed E-state index contributed by atoms with van der Waals surface area (Å²) < 4.78 is 0. The molecule has 2 aromatic rings. The van der Waals surface area contributed by atoms with Crippen molar-refractivity contribution < 1.29 is 14.8 Å². The van der Waals surface area contributed by atoms with Crippen LogP contribution in [0.4, 0.5) is 11.4 Å². The maximum Gasteiger partial charge on any atom is 0.291 e. The van der Waals surface area contributed by atoms with Gasteiger partial charge >= 0.3 is 0 Å². The molecule has 0 aliphatic rings.